The van der Waals surface area contributed by atoms with Crippen LogP contribution in [0.1, 0.15) is 34.1 Å². The van der Waals surface area contributed by atoms with Crippen LogP contribution in [0.25, 0.3) is 27.2 Å². The van der Waals surface area contributed by atoms with Gasteiger partial charge in [-0.2, -0.15) is 10.5 Å². The molecule has 1 heterocycles. The number of hydrogen-bond donors (Lipinski definition) is 0. The monoisotopic (exact) mass is 564 g/mol. The molecule has 0 aliphatic carbocycles. The maximum absolute atomic E-state index is 9.28. The highest BCUT2D eigenvalue weighted by Gasteiger charge is 2.17. The highest BCUT2D eigenvalue weighted by Crippen LogP contribution is 2.39. The fourth-order valence-corrected chi connectivity index (χ4v) is 5.86. The molecule has 42 heavy (non-hydrogen) atoms. The molecule has 0 atom stereocenters. The first kappa shape index (κ1) is 28.2. The topological polar surface area (TPSA) is 66.0 Å². The van der Waals surface area contributed by atoms with Gasteiger partial charge in [0.25, 0.3) is 0 Å². The molecule has 0 N–H and O–H groups in total. The molecule has 4 aromatic carbocycles. The normalized spacial score (nSPS) is 11.1. The first-order valence-electron chi connectivity index (χ1n) is 13.4. The summed E-state index contributed by atoms with van der Waals surface area (Å²) in [6.45, 7) is 1.82. The number of ether oxygens (including phenoxy) is 2. The third-order valence-corrected chi connectivity index (χ3v) is 8.36. The van der Waals surface area contributed by atoms with E-state index in [1.54, 1.807) is 25.6 Å². The van der Waals surface area contributed by atoms with Crippen molar-refractivity contribution in [3.8, 4) is 34.1 Å². The Labute approximate surface area is 250 Å². The van der Waals surface area contributed by atoms with E-state index in [2.05, 4.69) is 72.8 Å². The summed E-state index contributed by atoms with van der Waals surface area (Å²) in [6, 6.07) is 43.3. The van der Waals surface area contributed by atoms with Gasteiger partial charge in [0.15, 0.2) is 0 Å². The number of methoxy groups -OCH3 is 2. The molecule has 0 bridgehead atoms. The van der Waals surface area contributed by atoms with E-state index >= 15 is 0 Å². The van der Waals surface area contributed by atoms with Gasteiger partial charge in [-0.15, -0.1) is 11.3 Å². The molecule has 0 saturated carbocycles. The van der Waals surface area contributed by atoms with Crippen molar-refractivity contribution in [2.24, 2.45) is 0 Å². The van der Waals surface area contributed by atoms with E-state index in [0.29, 0.717) is 5.57 Å². The first-order valence-corrected chi connectivity index (χ1v) is 14.2. The van der Waals surface area contributed by atoms with Crippen LogP contribution in [0.15, 0.2) is 121 Å². The van der Waals surface area contributed by atoms with Crippen LogP contribution in [0.4, 0.5) is 0 Å². The number of rotatable bonds is 8. The molecule has 0 unspecified atom stereocenters. The molecule has 5 heteroatoms. The number of nitrogens with zero attached hydrogens (tertiary/aromatic N) is 2. The molecule has 0 saturated heterocycles. The zero-order chi connectivity index (χ0) is 29.5. The van der Waals surface area contributed by atoms with Crippen LogP contribution in [0.3, 0.4) is 0 Å². The minimum atomic E-state index is 0.139. The van der Waals surface area contributed by atoms with E-state index in [1.165, 1.54) is 0 Å². The summed E-state index contributed by atoms with van der Waals surface area (Å²) in [5.74, 6) is 1.60. The van der Waals surface area contributed by atoms with E-state index in [1.807, 2.05) is 61.5 Å². The third kappa shape index (κ3) is 5.88. The van der Waals surface area contributed by atoms with E-state index in [0.717, 1.165) is 60.2 Å². The fraction of sp³-hybridized carbons (Fsp3) is 0.0811. The van der Waals surface area contributed by atoms with Crippen LogP contribution in [-0.2, 0) is 0 Å². The second kappa shape index (κ2) is 12.9. The average molecular weight is 565 g/mol. The first-order chi connectivity index (χ1) is 20.6. The van der Waals surface area contributed by atoms with Crippen molar-refractivity contribution in [2.45, 2.75) is 6.92 Å². The summed E-state index contributed by atoms with van der Waals surface area (Å²) in [7, 11) is 3.35. The smallest absolute Gasteiger partial charge is 0.133 e. The van der Waals surface area contributed by atoms with Crippen molar-refractivity contribution in [1.29, 1.82) is 10.5 Å². The van der Waals surface area contributed by atoms with E-state index in [4.69, 9.17) is 9.47 Å². The lowest BCUT2D eigenvalue weighted by atomic mass is 9.85. The molecule has 5 aromatic rings. The minimum Gasteiger partial charge on any atom is -0.497 e. The number of allylic oxidation sites excluding steroid dienone is 2. The van der Waals surface area contributed by atoms with Gasteiger partial charge in [0.05, 0.1) is 14.2 Å². The van der Waals surface area contributed by atoms with Gasteiger partial charge in [0, 0.05) is 9.75 Å². The van der Waals surface area contributed by atoms with Gasteiger partial charge in [-0.25, -0.2) is 0 Å². The van der Waals surface area contributed by atoms with E-state index in [-0.39, 0.29) is 5.57 Å². The summed E-state index contributed by atoms with van der Waals surface area (Å²) >= 11 is 1.57. The summed E-state index contributed by atoms with van der Waals surface area (Å²) in [5, 5.41) is 18.6. The number of thiophene rings is 1. The van der Waals surface area contributed by atoms with Crippen molar-refractivity contribution in [2.75, 3.05) is 14.2 Å². The molecule has 0 radical (unpaired) electrons. The molecular weight excluding hydrogens is 536 g/mol. The third-order valence-electron chi connectivity index (χ3n) is 7.10. The second-order valence-corrected chi connectivity index (χ2v) is 10.6. The predicted molar refractivity (Wildman–Crippen MR) is 171 cm³/mol. The van der Waals surface area contributed by atoms with Gasteiger partial charge in [-0.1, -0.05) is 78.9 Å². The zero-order valence-corrected chi connectivity index (χ0v) is 24.4. The van der Waals surface area contributed by atoms with Crippen LogP contribution in [0.2, 0.25) is 0 Å². The summed E-state index contributed by atoms with van der Waals surface area (Å²) < 4.78 is 10.9. The minimum absolute atomic E-state index is 0.139. The molecule has 5 rings (SSSR count). The summed E-state index contributed by atoms with van der Waals surface area (Å²) in [6.07, 6.45) is 0. The standard InChI is InChI=1S/C37H28N2O2S/c1-25(31(23-38)24-39)34-21-22-35(42-34)26-9-11-28(12-10-26)37(30-15-19-33(41-3)20-16-30)36(27-7-5-4-6-8-27)29-13-17-32(40-2)18-14-29/h4-22H,1-3H3/b37-36-. The Bertz CT molecular complexity index is 1820. The Morgan fingerprint density at radius 2 is 1.02 bits per heavy atom. The quantitative estimate of drug-likeness (QED) is 0.139. The van der Waals surface area contributed by atoms with Gasteiger partial charge in [-0.3, -0.25) is 0 Å². The lowest BCUT2D eigenvalue weighted by Gasteiger charge is -2.19. The highest BCUT2D eigenvalue weighted by atomic mass is 32.1. The second-order valence-electron chi connectivity index (χ2n) is 9.54. The van der Waals surface area contributed by atoms with E-state index < -0.39 is 0 Å². The molecule has 0 fully saturated rings. The lowest BCUT2D eigenvalue weighted by Crippen LogP contribution is -1.98. The SMILES string of the molecule is COc1ccc(/C(=C(\c2ccc(OC)cc2)c2ccc(-c3ccc(C(C)=C(C#N)C#N)s3)cc2)c2ccccc2)cc1. The van der Waals surface area contributed by atoms with Crippen LogP contribution >= 0.6 is 11.3 Å². The molecule has 4 nitrogen and oxygen atoms in total. The molecule has 0 amide bonds. The van der Waals surface area contributed by atoms with Crippen LogP contribution in [0, 0.1) is 22.7 Å². The number of nitriles is 2. The summed E-state index contributed by atoms with van der Waals surface area (Å²) in [5.41, 5.74) is 8.43. The molecule has 0 spiro atoms. The maximum Gasteiger partial charge on any atom is 0.133 e. The van der Waals surface area contributed by atoms with Gasteiger partial charge < -0.3 is 9.47 Å². The zero-order valence-electron chi connectivity index (χ0n) is 23.6. The molecule has 0 aliphatic heterocycles. The van der Waals surface area contributed by atoms with Crippen molar-refractivity contribution in [3.63, 3.8) is 0 Å². The Balaban J connectivity index is 1.68. The molecule has 1 aromatic heterocycles. The summed E-state index contributed by atoms with van der Waals surface area (Å²) in [4.78, 5) is 1.98. The molecule has 204 valence electrons. The predicted octanol–water partition coefficient (Wildman–Crippen LogP) is 9.26. The number of benzene rings is 4. The van der Waals surface area contributed by atoms with Crippen molar-refractivity contribution in [1.82, 2.24) is 0 Å². The van der Waals surface area contributed by atoms with Gasteiger partial charge in [-0.05, 0) is 87.9 Å². The molecule has 0 aliphatic rings. The Morgan fingerprint density at radius 1 is 0.571 bits per heavy atom. The Kier molecular flexibility index (Phi) is 8.64. The van der Waals surface area contributed by atoms with Gasteiger partial charge in [0.1, 0.15) is 29.2 Å². The Morgan fingerprint density at radius 3 is 1.48 bits per heavy atom. The van der Waals surface area contributed by atoms with Crippen LogP contribution in [0.5, 0.6) is 11.5 Å². The Hall–Kier alpha value is -5.36. The fourth-order valence-electron chi connectivity index (χ4n) is 4.84. The highest BCUT2D eigenvalue weighted by molar-refractivity contribution is 7.16. The van der Waals surface area contributed by atoms with Crippen LogP contribution in [-0.4, -0.2) is 14.2 Å². The van der Waals surface area contributed by atoms with Crippen molar-refractivity contribution in [3.05, 3.63) is 148 Å². The lowest BCUT2D eigenvalue weighted by molar-refractivity contribution is 0.414. The van der Waals surface area contributed by atoms with Crippen molar-refractivity contribution < 1.29 is 9.47 Å². The largest absolute Gasteiger partial charge is 0.497 e. The van der Waals surface area contributed by atoms with Gasteiger partial charge >= 0.3 is 0 Å². The maximum atomic E-state index is 9.28. The van der Waals surface area contributed by atoms with E-state index in [9.17, 15) is 10.5 Å². The van der Waals surface area contributed by atoms with Gasteiger partial charge in [0.2, 0.25) is 0 Å². The van der Waals surface area contributed by atoms with Crippen LogP contribution < -0.4 is 9.47 Å². The average Bonchev–Trinajstić information content (AvgIpc) is 3.55. The van der Waals surface area contributed by atoms with Crippen molar-refractivity contribution >= 4 is 28.1 Å². The molecular formula is C37H28N2O2S. The number of hydrogen-bond acceptors (Lipinski definition) is 5.